The van der Waals surface area contributed by atoms with Gasteiger partial charge in [-0.25, -0.2) is 4.98 Å². The number of aryl methyl sites for hydroxylation is 1. The summed E-state index contributed by atoms with van der Waals surface area (Å²) in [7, 11) is 1.54. The van der Waals surface area contributed by atoms with Crippen LogP contribution in [0.1, 0.15) is 12.5 Å². The van der Waals surface area contributed by atoms with Crippen molar-refractivity contribution in [2.24, 2.45) is 0 Å². The maximum atomic E-state index is 11.8. The van der Waals surface area contributed by atoms with Crippen LogP contribution < -0.4 is 15.7 Å². The van der Waals surface area contributed by atoms with E-state index in [1.54, 1.807) is 6.07 Å². The van der Waals surface area contributed by atoms with Crippen LogP contribution in [0, 0.1) is 6.92 Å². The molecule has 0 aliphatic heterocycles. The first kappa shape index (κ1) is 12.5. The fraction of sp³-hybridized carbons (Fsp3) is 0.200. The Bertz CT molecular complexity index is 936. The third-order valence-corrected chi connectivity index (χ3v) is 3.31. The first-order chi connectivity index (χ1) is 9.52. The Morgan fingerprint density at radius 1 is 1.40 bits per heavy atom. The Morgan fingerprint density at radius 3 is 2.80 bits per heavy atom. The third kappa shape index (κ3) is 1.63. The van der Waals surface area contributed by atoms with E-state index in [-0.39, 0.29) is 16.7 Å². The number of hydrogen-bond acceptors (Lipinski definition) is 5. The zero-order chi connectivity index (χ0) is 14.4. The topological polar surface area (TPSA) is 72.6 Å². The van der Waals surface area contributed by atoms with Gasteiger partial charge in [-0.1, -0.05) is 6.07 Å². The molecule has 2 heterocycles. The fourth-order valence-electron chi connectivity index (χ4n) is 2.41. The molecule has 0 radical (unpaired) electrons. The molecule has 5 heteroatoms. The third-order valence-electron chi connectivity index (χ3n) is 3.31. The van der Waals surface area contributed by atoms with Gasteiger partial charge in [0.2, 0.25) is 0 Å². The van der Waals surface area contributed by atoms with E-state index in [4.69, 9.17) is 9.15 Å². The molecule has 1 aromatic carbocycles. The van der Waals surface area contributed by atoms with Gasteiger partial charge in [-0.05, 0) is 30.9 Å². The molecule has 0 spiro atoms. The van der Waals surface area contributed by atoms with Gasteiger partial charge in [-0.15, -0.1) is 0 Å². The second kappa shape index (κ2) is 4.23. The first-order valence-corrected chi connectivity index (χ1v) is 6.13. The fourth-order valence-corrected chi connectivity index (χ4v) is 2.41. The van der Waals surface area contributed by atoms with Crippen LogP contribution >= 0.6 is 0 Å². The molecule has 0 fully saturated rings. The lowest BCUT2D eigenvalue weighted by atomic mass is 10.1. The summed E-state index contributed by atoms with van der Waals surface area (Å²) >= 11 is 0. The minimum absolute atomic E-state index is 0.0275. The average Bonchev–Trinajstić information content (AvgIpc) is 2.71. The van der Waals surface area contributed by atoms with Crippen molar-refractivity contribution >= 4 is 27.6 Å². The van der Waals surface area contributed by atoms with Crippen molar-refractivity contribution in [3.05, 3.63) is 39.5 Å². The molecule has 0 unspecified atom stereocenters. The van der Waals surface area contributed by atoms with Crippen LogP contribution in [0.3, 0.4) is 0 Å². The molecule has 1 N–H and O–H groups in total. The van der Waals surface area contributed by atoms with Crippen LogP contribution in [0.15, 0.2) is 27.4 Å². The number of rotatable bonds is 1. The number of nitrogens with zero attached hydrogens (tertiary/aromatic N) is 1. The number of methoxy groups -OCH3 is 1. The summed E-state index contributed by atoms with van der Waals surface area (Å²) in [6.45, 7) is 3.33. The summed E-state index contributed by atoms with van der Waals surface area (Å²) in [5.74, 6) is 0.509. The number of benzene rings is 1. The molecule has 0 saturated heterocycles. The van der Waals surface area contributed by atoms with Crippen molar-refractivity contribution in [1.29, 1.82) is 0 Å². The monoisotopic (exact) mass is 271 g/mol. The van der Waals surface area contributed by atoms with Gasteiger partial charge in [-0.3, -0.25) is 4.79 Å². The van der Waals surface area contributed by atoms with Gasteiger partial charge < -0.3 is 14.3 Å². The van der Waals surface area contributed by atoms with Gasteiger partial charge >= 0.3 is 0 Å². The highest BCUT2D eigenvalue weighted by Crippen LogP contribution is 2.32. The Hall–Kier alpha value is -2.56. The van der Waals surface area contributed by atoms with Crippen LogP contribution in [0.25, 0.3) is 27.6 Å². The van der Waals surface area contributed by atoms with E-state index in [0.717, 1.165) is 10.9 Å². The molecule has 0 amide bonds. The van der Waals surface area contributed by atoms with Gasteiger partial charge in [0.25, 0.3) is 5.56 Å². The van der Waals surface area contributed by atoms with Crippen LogP contribution in [-0.2, 0) is 0 Å². The van der Waals surface area contributed by atoms with Crippen molar-refractivity contribution < 1.29 is 14.3 Å². The Balaban J connectivity index is 2.78. The van der Waals surface area contributed by atoms with Crippen LogP contribution in [0.5, 0.6) is 5.75 Å². The van der Waals surface area contributed by atoms with Crippen LogP contribution in [0.4, 0.5) is 0 Å². The molecule has 20 heavy (non-hydrogen) atoms. The van der Waals surface area contributed by atoms with Crippen LogP contribution in [0.2, 0.25) is 0 Å². The van der Waals surface area contributed by atoms with Crippen molar-refractivity contribution in [3.63, 3.8) is 0 Å². The predicted molar refractivity (Wildman–Crippen MR) is 76.0 cm³/mol. The number of furan rings is 1. The SMILES string of the molecule is COc1ccc2c(C)cc(=O)nc3/c(=C(/C)O)oc1c23. The highest BCUT2D eigenvalue weighted by molar-refractivity contribution is 6.09. The Kier molecular flexibility index (Phi) is 2.64. The van der Waals surface area contributed by atoms with Gasteiger partial charge in [0.1, 0.15) is 11.3 Å². The quantitative estimate of drug-likeness (QED) is 0.733. The second-order valence-electron chi connectivity index (χ2n) is 4.66. The number of hydrogen-bond donors (Lipinski definition) is 1. The molecule has 0 atom stereocenters. The molecular formula is C15H13NO4. The molecule has 102 valence electrons. The van der Waals surface area contributed by atoms with Crippen molar-refractivity contribution in [1.82, 2.24) is 4.98 Å². The molecule has 0 aliphatic carbocycles. The standard InChI is InChI=1S/C15H13NO4/c1-7-6-11(18)16-13-12-9(7)4-5-10(19-3)15(12)20-14(13)8(2)17/h4-6,17H,1-3H3/b14-8+. The lowest BCUT2D eigenvalue weighted by molar-refractivity contribution is 0.406. The number of aliphatic hydroxyl groups excluding tert-OH is 1. The Morgan fingerprint density at radius 2 is 2.15 bits per heavy atom. The maximum absolute atomic E-state index is 11.8. The molecule has 0 bridgehead atoms. The largest absolute Gasteiger partial charge is 0.509 e. The number of ether oxygens (including phenoxy) is 1. The predicted octanol–water partition coefficient (Wildman–Crippen LogP) is 2.06. The van der Waals surface area contributed by atoms with E-state index < -0.39 is 0 Å². The highest BCUT2D eigenvalue weighted by atomic mass is 16.5. The van der Waals surface area contributed by atoms with Gasteiger partial charge in [0.15, 0.2) is 16.7 Å². The molecule has 5 nitrogen and oxygen atoms in total. The van der Waals surface area contributed by atoms with Gasteiger partial charge in [-0.2, -0.15) is 0 Å². The average molecular weight is 271 g/mol. The molecular weight excluding hydrogens is 258 g/mol. The minimum atomic E-state index is -0.372. The summed E-state index contributed by atoms with van der Waals surface area (Å²) in [6.07, 6.45) is 0. The lowest BCUT2D eigenvalue weighted by Crippen LogP contribution is -2.07. The highest BCUT2D eigenvalue weighted by Gasteiger charge is 2.16. The molecule has 2 aromatic heterocycles. The molecule has 0 saturated carbocycles. The lowest BCUT2D eigenvalue weighted by Gasteiger charge is -2.01. The summed E-state index contributed by atoms with van der Waals surface area (Å²) in [4.78, 5) is 15.8. The van der Waals surface area contributed by atoms with Crippen molar-refractivity contribution in [3.8, 4) is 5.75 Å². The molecule has 3 rings (SSSR count). The normalized spacial score (nSPS) is 12.9. The smallest absolute Gasteiger partial charge is 0.270 e. The summed E-state index contributed by atoms with van der Waals surface area (Å²) < 4.78 is 10.9. The second-order valence-corrected chi connectivity index (χ2v) is 4.66. The van der Waals surface area contributed by atoms with Gasteiger partial charge in [0.05, 0.1) is 12.5 Å². The zero-order valence-electron chi connectivity index (χ0n) is 11.4. The van der Waals surface area contributed by atoms with Crippen molar-refractivity contribution in [2.45, 2.75) is 13.8 Å². The van der Waals surface area contributed by atoms with E-state index in [0.29, 0.717) is 22.2 Å². The minimum Gasteiger partial charge on any atom is -0.509 e. The van der Waals surface area contributed by atoms with E-state index in [2.05, 4.69) is 4.98 Å². The summed E-state index contributed by atoms with van der Waals surface area (Å²) in [5, 5.41) is 11.3. The van der Waals surface area contributed by atoms with E-state index in [1.165, 1.54) is 20.1 Å². The Labute approximate surface area is 114 Å². The van der Waals surface area contributed by atoms with Crippen molar-refractivity contribution in [2.75, 3.05) is 7.11 Å². The molecule has 3 aromatic rings. The van der Waals surface area contributed by atoms with E-state index >= 15 is 0 Å². The van der Waals surface area contributed by atoms with Crippen LogP contribution in [-0.4, -0.2) is 17.2 Å². The summed E-state index contributed by atoms with van der Waals surface area (Å²) in [5.41, 5.74) is 1.46. The van der Waals surface area contributed by atoms with E-state index in [9.17, 15) is 9.90 Å². The zero-order valence-corrected chi connectivity index (χ0v) is 11.4. The maximum Gasteiger partial charge on any atom is 0.270 e. The number of aliphatic hydroxyl groups is 1. The number of aromatic nitrogens is 1. The summed E-state index contributed by atoms with van der Waals surface area (Å²) in [6, 6.07) is 5.10. The molecule has 0 aliphatic rings. The first-order valence-electron chi connectivity index (χ1n) is 6.13. The van der Waals surface area contributed by atoms with E-state index in [1.807, 2.05) is 13.0 Å². The van der Waals surface area contributed by atoms with Gasteiger partial charge in [0, 0.05) is 6.07 Å².